The molecule has 38 heavy (non-hydrogen) atoms. The summed E-state index contributed by atoms with van der Waals surface area (Å²) in [5.41, 5.74) is -1.37. The molecular weight excluding hydrogens is 472 g/mol. The molecule has 212 valence electrons. The fourth-order valence-corrected chi connectivity index (χ4v) is 6.61. The normalized spacial score (nSPS) is 21.0. The molecule has 1 aliphatic carbocycles. The average molecular weight is 525 g/mol. The predicted octanol–water partition coefficient (Wildman–Crippen LogP) is 9.09. The van der Waals surface area contributed by atoms with Crippen LogP contribution in [0.2, 0.25) is 0 Å². The van der Waals surface area contributed by atoms with E-state index in [0.717, 1.165) is 25.7 Å². The number of Topliss-reactive ketones (excluding diaryl/α,β-unsaturated/α-hetero) is 2. The summed E-state index contributed by atoms with van der Waals surface area (Å²) in [6.07, 6.45) is 16.9. The third-order valence-electron chi connectivity index (χ3n) is 8.89. The smallest absolute Gasteiger partial charge is 0.317 e. The van der Waals surface area contributed by atoms with E-state index in [4.69, 9.17) is 0 Å². The fraction of sp³-hybridized carbons (Fsp3) is 0.676. The molecule has 1 aromatic carbocycles. The summed E-state index contributed by atoms with van der Waals surface area (Å²) in [7, 11) is 0. The second-order valence-electron chi connectivity index (χ2n) is 12.4. The zero-order valence-electron chi connectivity index (χ0n) is 24.6. The molecule has 1 N–H and O–H groups in total. The van der Waals surface area contributed by atoms with Crippen molar-refractivity contribution in [2.24, 2.45) is 28.6 Å². The minimum absolute atomic E-state index is 0.0777. The number of hydrogen-bond donors (Lipinski definition) is 1. The van der Waals surface area contributed by atoms with E-state index in [-0.39, 0.29) is 41.7 Å². The minimum Gasteiger partial charge on any atom is -0.480 e. The summed E-state index contributed by atoms with van der Waals surface area (Å²) in [5.74, 6) is -2.05. The second kappa shape index (κ2) is 15.4. The van der Waals surface area contributed by atoms with Crippen LogP contribution in [0, 0.1) is 28.6 Å². The van der Waals surface area contributed by atoms with Crippen molar-refractivity contribution >= 4 is 17.5 Å². The Morgan fingerprint density at radius 2 is 1.50 bits per heavy atom. The van der Waals surface area contributed by atoms with Crippen LogP contribution in [0.3, 0.4) is 0 Å². The van der Waals surface area contributed by atoms with Gasteiger partial charge >= 0.3 is 5.97 Å². The lowest BCUT2D eigenvalue weighted by molar-refractivity contribution is -0.149. The Labute approximate surface area is 231 Å². The van der Waals surface area contributed by atoms with Crippen molar-refractivity contribution in [2.75, 3.05) is 0 Å². The zero-order valence-corrected chi connectivity index (χ0v) is 24.6. The molecule has 0 spiro atoms. The van der Waals surface area contributed by atoms with Gasteiger partial charge in [-0.25, -0.2) is 0 Å². The summed E-state index contributed by atoms with van der Waals surface area (Å²) in [4.78, 5) is 40.5. The number of rotatable bonds is 18. The van der Waals surface area contributed by atoms with Gasteiger partial charge in [-0.2, -0.15) is 0 Å². The first kappa shape index (κ1) is 32.0. The van der Waals surface area contributed by atoms with Gasteiger partial charge in [-0.3, -0.25) is 14.4 Å². The van der Waals surface area contributed by atoms with Gasteiger partial charge in [-0.1, -0.05) is 141 Å². The molecule has 0 bridgehead atoms. The highest BCUT2D eigenvalue weighted by Crippen LogP contribution is 2.45. The van der Waals surface area contributed by atoms with E-state index in [0.29, 0.717) is 12.0 Å². The van der Waals surface area contributed by atoms with E-state index in [9.17, 15) is 19.5 Å². The molecule has 0 saturated heterocycles. The maximum atomic E-state index is 13.9. The van der Waals surface area contributed by atoms with Gasteiger partial charge in [0, 0.05) is 17.9 Å². The first-order valence-corrected chi connectivity index (χ1v) is 15.1. The number of allylic oxidation sites excluding steroid dienone is 2. The number of carboxylic acid groups (broad SMARTS) is 1. The molecule has 4 nitrogen and oxygen atoms in total. The third kappa shape index (κ3) is 8.38. The highest BCUT2D eigenvalue weighted by atomic mass is 16.4. The Morgan fingerprint density at radius 3 is 2.03 bits per heavy atom. The molecule has 4 atom stereocenters. The van der Waals surface area contributed by atoms with Crippen LogP contribution in [0.5, 0.6) is 0 Å². The number of carbonyl (C=O) groups excluding carboxylic acids is 2. The lowest BCUT2D eigenvalue weighted by atomic mass is 9.61. The quantitative estimate of drug-likeness (QED) is 0.0899. The molecule has 4 unspecified atom stereocenters. The number of aliphatic carboxylic acids is 1. The van der Waals surface area contributed by atoms with Crippen LogP contribution in [0.4, 0.5) is 0 Å². The van der Waals surface area contributed by atoms with Gasteiger partial charge in [0.15, 0.2) is 5.78 Å². The first-order valence-electron chi connectivity index (χ1n) is 15.1. The lowest BCUT2D eigenvalue weighted by Crippen LogP contribution is -2.47. The van der Waals surface area contributed by atoms with E-state index in [1.165, 1.54) is 38.5 Å². The summed E-state index contributed by atoms with van der Waals surface area (Å²) in [5, 5.41) is 10.6. The summed E-state index contributed by atoms with van der Waals surface area (Å²) >= 11 is 0. The molecule has 2 rings (SSSR count). The highest BCUT2D eigenvalue weighted by molar-refractivity contribution is 6.12. The van der Waals surface area contributed by atoms with Gasteiger partial charge in [-0.05, 0) is 30.1 Å². The number of hydrogen-bond acceptors (Lipinski definition) is 3. The van der Waals surface area contributed by atoms with Crippen LogP contribution >= 0.6 is 0 Å². The number of unbranched alkanes of at least 4 members (excludes halogenated alkanes) is 9. The summed E-state index contributed by atoms with van der Waals surface area (Å²) < 4.78 is 0. The van der Waals surface area contributed by atoms with Crippen LogP contribution < -0.4 is 0 Å². The monoisotopic (exact) mass is 524 g/mol. The Hall–Kier alpha value is -2.23. The SMILES string of the molecule is CCCCCCCCCCCCC(C(=O)O)(C(=O)c1ccccc1)C(C)CC(=O)C1C(C)C=CCC1(C)C. The maximum absolute atomic E-state index is 13.9. The lowest BCUT2D eigenvalue weighted by Gasteiger charge is -2.40. The Bertz CT molecular complexity index is 916. The van der Waals surface area contributed by atoms with Crippen molar-refractivity contribution in [2.45, 2.75) is 118 Å². The minimum atomic E-state index is -1.60. The Balaban J connectivity index is 2.15. The van der Waals surface area contributed by atoms with E-state index in [1.807, 2.05) is 6.07 Å². The maximum Gasteiger partial charge on any atom is 0.317 e. The average Bonchev–Trinajstić information content (AvgIpc) is 2.86. The van der Waals surface area contributed by atoms with Crippen LogP contribution in [0.25, 0.3) is 0 Å². The summed E-state index contributed by atoms with van der Waals surface area (Å²) in [6.45, 7) is 10.3. The van der Waals surface area contributed by atoms with Crippen molar-refractivity contribution in [3.63, 3.8) is 0 Å². The zero-order chi connectivity index (χ0) is 28.2. The molecule has 0 saturated carbocycles. The van der Waals surface area contributed by atoms with E-state index in [2.05, 4.69) is 39.8 Å². The fourth-order valence-electron chi connectivity index (χ4n) is 6.61. The van der Waals surface area contributed by atoms with Crippen molar-refractivity contribution in [3.05, 3.63) is 48.0 Å². The van der Waals surface area contributed by atoms with Gasteiger partial charge in [0.05, 0.1) is 0 Å². The topological polar surface area (TPSA) is 71.4 Å². The van der Waals surface area contributed by atoms with Crippen molar-refractivity contribution < 1.29 is 19.5 Å². The molecule has 1 aliphatic rings. The van der Waals surface area contributed by atoms with Crippen molar-refractivity contribution in [1.82, 2.24) is 0 Å². The molecular formula is C34H52O4. The first-order chi connectivity index (χ1) is 18.1. The molecule has 0 aromatic heterocycles. The van der Waals surface area contributed by atoms with Gasteiger partial charge in [-0.15, -0.1) is 0 Å². The van der Waals surface area contributed by atoms with E-state index >= 15 is 0 Å². The Morgan fingerprint density at radius 1 is 0.947 bits per heavy atom. The molecule has 0 amide bonds. The molecule has 0 radical (unpaired) electrons. The number of carbonyl (C=O) groups is 3. The number of ketones is 2. The van der Waals surface area contributed by atoms with Crippen molar-refractivity contribution in [1.29, 1.82) is 0 Å². The molecule has 4 heteroatoms. The standard InChI is InChI=1S/C34H52O4/c1-6-7-8-9-10-11-12-13-14-18-24-34(32(37)38,31(36)28-21-16-15-17-22-28)27(3)25-29(35)30-26(2)20-19-23-33(30,4)5/h15-17,19-22,26-27,30H,6-14,18,23-25H2,1-5H3,(H,37,38). The van der Waals surface area contributed by atoms with E-state index < -0.39 is 17.3 Å². The Kier molecular flexibility index (Phi) is 12.9. The van der Waals surface area contributed by atoms with Gasteiger partial charge < -0.3 is 5.11 Å². The van der Waals surface area contributed by atoms with Crippen molar-refractivity contribution in [3.8, 4) is 0 Å². The van der Waals surface area contributed by atoms with E-state index in [1.54, 1.807) is 31.2 Å². The number of carboxylic acids is 1. The molecule has 0 aliphatic heterocycles. The van der Waals surface area contributed by atoms with Crippen LogP contribution in [0.15, 0.2) is 42.5 Å². The van der Waals surface area contributed by atoms with Crippen LogP contribution in [-0.4, -0.2) is 22.6 Å². The van der Waals surface area contributed by atoms with Crippen LogP contribution in [0.1, 0.15) is 128 Å². The van der Waals surface area contributed by atoms with Gasteiger partial charge in [0.25, 0.3) is 0 Å². The highest BCUT2D eigenvalue weighted by Gasteiger charge is 2.51. The second-order valence-corrected chi connectivity index (χ2v) is 12.4. The largest absolute Gasteiger partial charge is 0.480 e. The molecule has 0 heterocycles. The van der Waals surface area contributed by atoms with Gasteiger partial charge in [0.2, 0.25) is 0 Å². The predicted molar refractivity (Wildman–Crippen MR) is 156 cm³/mol. The number of benzene rings is 1. The van der Waals surface area contributed by atoms with Crippen LogP contribution in [-0.2, 0) is 9.59 Å². The van der Waals surface area contributed by atoms with Gasteiger partial charge in [0.1, 0.15) is 11.2 Å². The molecule has 0 fully saturated rings. The molecule has 1 aromatic rings. The third-order valence-corrected chi connectivity index (χ3v) is 8.89. The summed E-state index contributed by atoms with van der Waals surface area (Å²) in [6, 6.07) is 8.77.